The van der Waals surface area contributed by atoms with Gasteiger partial charge in [0.25, 0.3) is 0 Å². The van der Waals surface area contributed by atoms with Gasteiger partial charge in [0.15, 0.2) is 0 Å². The van der Waals surface area contributed by atoms with Crippen LogP contribution < -0.4 is 4.74 Å². The van der Waals surface area contributed by atoms with Crippen LogP contribution >= 0.6 is 23.5 Å². The molecule has 0 unspecified atom stereocenters. The van der Waals surface area contributed by atoms with Crippen LogP contribution in [0.4, 0.5) is 0 Å². The van der Waals surface area contributed by atoms with Crippen molar-refractivity contribution in [3.63, 3.8) is 0 Å². The van der Waals surface area contributed by atoms with Crippen molar-refractivity contribution >= 4 is 45.3 Å². The van der Waals surface area contributed by atoms with Gasteiger partial charge < -0.3 is 4.74 Å². The van der Waals surface area contributed by atoms with Gasteiger partial charge in [0.05, 0.1) is 28.7 Å². The first kappa shape index (κ1) is 19.1. The topological polar surface area (TPSA) is 35.0 Å². The highest BCUT2D eigenvalue weighted by atomic mass is 32.2. The van der Waals surface area contributed by atoms with Crippen molar-refractivity contribution in [2.45, 2.75) is 34.5 Å². The number of thioether (sulfide) groups is 1. The fourth-order valence-electron chi connectivity index (χ4n) is 3.37. The second kappa shape index (κ2) is 8.02. The fraction of sp³-hybridized carbons (Fsp3) is 0.217. The van der Waals surface area contributed by atoms with E-state index in [9.17, 15) is 0 Å². The molecular weight excluding hydrogens is 384 g/mol. The lowest BCUT2D eigenvalue weighted by atomic mass is 10.1. The van der Waals surface area contributed by atoms with Crippen LogP contribution in [0.5, 0.6) is 5.75 Å². The lowest BCUT2D eigenvalue weighted by Gasteiger charge is -2.19. The van der Waals surface area contributed by atoms with Crippen molar-refractivity contribution in [3.05, 3.63) is 60.4 Å². The molecule has 5 heteroatoms. The van der Waals surface area contributed by atoms with E-state index < -0.39 is 0 Å². The molecule has 0 N–H and O–H groups in total. The van der Waals surface area contributed by atoms with Crippen molar-refractivity contribution in [2.75, 3.05) is 13.4 Å². The van der Waals surface area contributed by atoms with Gasteiger partial charge in [0.2, 0.25) is 0 Å². The molecule has 0 aliphatic heterocycles. The van der Waals surface area contributed by atoms with E-state index in [0.717, 1.165) is 32.8 Å². The van der Waals surface area contributed by atoms with Crippen LogP contribution in [0.3, 0.4) is 0 Å². The Bertz CT molecular complexity index is 1160. The number of para-hydroxylation sites is 2. The summed E-state index contributed by atoms with van der Waals surface area (Å²) in [4.78, 5) is 13.1. The maximum absolute atomic E-state index is 5.80. The van der Waals surface area contributed by atoms with E-state index in [2.05, 4.69) is 49.4 Å². The normalized spacial score (nSPS) is 11.5. The number of methoxy groups -OCH3 is 1. The molecule has 142 valence electrons. The van der Waals surface area contributed by atoms with E-state index in [1.165, 1.54) is 15.2 Å². The van der Waals surface area contributed by atoms with Gasteiger partial charge in [-0.25, -0.2) is 0 Å². The summed E-state index contributed by atoms with van der Waals surface area (Å²) in [5.41, 5.74) is 3.10. The maximum atomic E-state index is 5.80. The fourth-order valence-corrected chi connectivity index (χ4v) is 5.62. The summed E-state index contributed by atoms with van der Waals surface area (Å²) in [6.45, 7) is 4.39. The van der Waals surface area contributed by atoms with Gasteiger partial charge in [-0.2, -0.15) is 0 Å². The quantitative estimate of drug-likeness (QED) is 0.341. The first-order valence-electron chi connectivity index (χ1n) is 9.20. The molecule has 0 radical (unpaired) electrons. The minimum atomic E-state index is 0.317. The van der Waals surface area contributed by atoms with E-state index in [1.54, 1.807) is 30.6 Å². The molecule has 0 aliphatic rings. The Balaban J connectivity index is 1.95. The standard InChI is InChI=1S/C23H22N2OS2/c1-14(2)20-23(22(27-4)16-10-6-8-12-18(16)25-20)28-19-13-24-17-11-7-5-9-15(17)21(19)26-3/h5-14H,1-4H3. The predicted molar refractivity (Wildman–Crippen MR) is 120 cm³/mol. The molecule has 0 aliphatic carbocycles. The van der Waals surface area contributed by atoms with Crippen molar-refractivity contribution < 1.29 is 4.74 Å². The van der Waals surface area contributed by atoms with Crippen molar-refractivity contribution in [2.24, 2.45) is 0 Å². The smallest absolute Gasteiger partial charge is 0.143 e. The second-order valence-corrected chi connectivity index (χ2v) is 8.67. The zero-order chi connectivity index (χ0) is 19.7. The Morgan fingerprint density at radius 1 is 0.893 bits per heavy atom. The summed E-state index contributed by atoms with van der Waals surface area (Å²) in [7, 11) is 1.73. The van der Waals surface area contributed by atoms with Crippen LogP contribution in [0.25, 0.3) is 21.8 Å². The van der Waals surface area contributed by atoms with E-state index in [0.29, 0.717) is 5.92 Å². The molecule has 2 heterocycles. The van der Waals surface area contributed by atoms with E-state index in [4.69, 9.17) is 9.72 Å². The molecule has 4 aromatic rings. The van der Waals surface area contributed by atoms with E-state index >= 15 is 0 Å². The number of hydrogen-bond acceptors (Lipinski definition) is 5. The van der Waals surface area contributed by atoms with E-state index in [1.807, 2.05) is 30.5 Å². The number of pyridine rings is 2. The van der Waals surface area contributed by atoms with Gasteiger partial charge in [-0.05, 0) is 30.4 Å². The Hall–Kier alpha value is -2.24. The molecule has 2 aromatic heterocycles. The zero-order valence-corrected chi connectivity index (χ0v) is 18.0. The monoisotopic (exact) mass is 406 g/mol. The van der Waals surface area contributed by atoms with Crippen LogP contribution in [0.15, 0.2) is 69.4 Å². The summed E-state index contributed by atoms with van der Waals surface area (Å²) < 4.78 is 5.80. The molecule has 0 saturated heterocycles. The summed E-state index contributed by atoms with van der Waals surface area (Å²) in [6, 6.07) is 16.5. The molecule has 0 fully saturated rings. The summed E-state index contributed by atoms with van der Waals surface area (Å²) in [6.07, 6.45) is 4.04. The number of aromatic nitrogens is 2. The van der Waals surface area contributed by atoms with Crippen LogP contribution in [0.1, 0.15) is 25.5 Å². The molecule has 0 spiro atoms. The summed E-state index contributed by atoms with van der Waals surface area (Å²) in [5, 5.41) is 2.22. The first-order chi connectivity index (χ1) is 13.6. The Labute approximate surface area is 173 Å². The molecule has 3 nitrogen and oxygen atoms in total. The lowest BCUT2D eigenvalue weighted by molar-refractivity contribution is 0.409. The van der Waals surface area contributed by atoms with Crippen molar-refractivity contribution in [1.82, 2.24) is 9.97 Å². The van der Waals surface area contributed by atoms with Crippen LogP contribution in [-0.4, -0.2) is 23.3 Å². The summed E-state index contributed by atoms with van der Waals surface area (Å²) >= 11 is 3.47. The highest BCUT2D eigenvalue weighted by Crippen LogP contribution is 2.46. The molecule has 2 aromatic carbocycles. The maximum Gasteiger partial charge on any atom is 0.143 e. The second-order valence-electron chi connectivity index (χ2n) is 6.81. The molecule has 0 bridgehead atoms. The third-order valence-electron chi connectivity index (χ3n) is 4.69. The minimum absolute atomic E-state index is 0.317. The Morgan fingerprint density at radius 2 is 1.57 bits per heavy atom. The third kappa shape index (κ3) is 3.33. The van der Waals surface area contributed by atoms with Crippen molar-refractivity contribution in [1.29, 1.82) is 0 Å². The van der Waals surface area contributed by atoms with Crippen molar-refractivity contribution in [3.8, 4) is 5.75 Å². The number of nitrogens with zero attached hydrogens (tertiary/aromatic N) is 2. The van der Waals surface area contributed by atoms with E-state index in [-0.39, 0.29) is 0 Å². The Kier molecular flexibility index (Phi) is 5.47. The SMILES string of the molecule is COc1c(Sc2c(C(C)C)nc3ccccc3c2SC)cnc2ccccc12. The van der Waals surface area contributed by atoms with Gasteiger partial charge in [0, 0.05) is 26.8 Å². The van der Waals surface area contributed by atoms with Gasteiger partial charge in [-0.3, -0.25) is 9.97 Å². The number of hydrogen-bond donors (Lipinski definition) is 0. The molecule has 0 saturated carbocycles. The molecule has 0 atom stereocenters. The minimum Gasteiger partial charge on any atom is -0.495 e. The van der Waals surface area contributed by atoms with Crippen LogP contribution in [0, 0.1) is 0 Å². The third-order valence-corrected chi connectivity index (χ3v) is 6.78. The molecular formula is C23H22N2OS2. The molecule has 4 rings (SSSR count). The molecule has 28 heavy (non-hydrogen) atoms. The average Bonchev–Trinajstić information content (AvgIpc) is 2.72. The highest BCUT2D eigenvalue weighted by molar-refractivity contribution is 8.02. The summed E-state index contributed by atoms with van der Waals surface area (Å²) in [5.74, 6) is 1.18. The predicted octanol–water partition coefficient (Wildman–Crippen LogP) is 6.79. The first-order valence-corrected chi connectivity index (χ1v) is 11.2. The average molecular weight is 407 g/mol. The Morgan fingerprint density at radius 3 is 2.25 bits per heavy atom. The highest BCUT2D eigenvalue weighted by Gasteiger charge is 2.20. The van der Waals surface area contributed by atoms with Gasteiger partial charge in [0.1, 0.15) is 5.75 Å². The molecule has 0 amide bonds. The number of fused-ring (bicyclic) bond motifs is 2. The van der Waals surface area contributed by atoms with Gasteiger partial charge in [-0.1, -0.05) is 55.9 Å². The van der Waals surface area contributed by atoms with Gasteiger partial charge in [-0.15, -0.1) is 11.8 Å². The number of benzene rings is 2. The number of rotatable bonds is 5. The van der Waals surface area contributed by atoms with Crippen LogP contribution in [-0.2, 0) is 0 Å². The number of ether oxygens (including phenoxy) is 1. The van der Waals surface area contributed by atoms with Gasteiger partial charge >= 0.3 is 0 Å². The zero-order valence-electron chi connectivity index (χ0n) is 16.4. The largest absolute Gasteiger partial charge is 0.495 e. The lowest BCUT2D eigenvalue weighted by Crippen LogP contribution is -2.00. The van der Waals surface area contributed by atoms with Crippen LogP contribution in [0.2, 0.25) is 0 Å².